The average molecular weight is 351 g/mol. The summed E-state index contributed by atoms with van der Waals surface area (Å²) in [5, 5.41) is 15.7. The summed E-state index contributed by atoms with van der Waals surface area (Å²) in [4.78, 5) is 35.9. The van der Waals surface area contributed by atoms with Gasteiger partial charge in [-0.25, -0.2) is 9.59 Å². The van der Waals surface area contributed by atoms with Gasteiger partial charge in [-0.2, -0.15) is 5.10 Å². The Morgan fingerprint density at radius 1 is 1.38 bits per heavy atom. The van der Waals surface area contributed by atoms with Crippen LogP contribution in [0, 0.1) is 13.8 Å². The van der Waals surface area contributed by atoms with Crippen LogP contribution < -0.4 is 5.32 Å². The molecule has 0 bridgehead atoms. The number of aryl methyl sites for hydroxylation is 1. The lowest BCUT2D eigenvalue weighted by Gasteiger charge is -2.07. The Morgan fingerprint density at radius 3 is 2.67 bits per heavy atom. The Bertz CT molecular complexity index is 793. The summed E-state index contributed by atoms with van der Waals surface area (Å²) in [7, 11) is 0. The molecule has 0 spiro atoms. The molecule has 0 saturated heterocycles. The normalized spacial score (nSPS) is 10.5. The molecule has 0 unspecified atom stereocenters. The summed E-state index contributed by atoms with van der Waals surface area (Å²) in [5.74, 6) is -2.01. The lowest BCUT2D eigenvalue weighted by molar-refractivity contribution is -0.116. The van der Waals surface area contributed by atoms with E-state index in [1.54, 1.807) is 13.8 Å². The summed E-state index contributed by atoms with van der Waals surface area (Å²) in [6, 6.07) is 0. The number of thiophene rings is 1. The Labute approximate surface area is 142 Å². The van der Waals surface area contributed by atoms with Crippen molar-refractivity contribution in [3.05, 3.63) is 34.0 Å². The highest BCUT2D eigenvalue weighted by Gasteiger charge is 2.22. The minimum atomic E-state index is -1.12. The second kappa shape index (κ2) is 7.26. The number of carboxylic acids is 1. The van der Waals surface area contributed by atoms with Gasteiger partial charge in [0.15, 0.2) is 0 Å². The number of esters is 1. The largest absolute Gasteiger partial charge is 0.478 e. The molecule has 8 nitrogen and oxygen atoms in total. The van der Waals surface area contributed by atoms with Crippen molar-refractivity contribution < 1.29 is 24.2 Å². The second-order valence-corrected chi connectivity index (χ2v) is 6.21. The number of rotatable bonds is 6. The van der Waals surface area contributed by atoms with Crippen LogP contribution in [0.15, 0.2) is 12.4 Å². The van der Waals surface area contributed by atoms with E-state index in [2.05, 4.69) is 10.4 Å². The van der Waals surface area contributed by atoms with E-state index in [0.29, 0.717) is 10.6 Å². The van der Waals surface area contributed by atoms with Crippen molar-refractivity contribution >= 4 is 34.2 Å². The van der Waals surface area contributed by atoms with Crippen LogP contribution in [0.25, 0.3) is 0 Å². The molecule has 0 aromatic carbocycles. The van der Waals surface area contributed by atoms with Gasteiger partial charge >= 0.3 is 11.9 Å². The first-order valence-electron chi connectivity index (χ1n) is 7.16. The topological polar surface area (TPSA) is 111 Å². The number of hydrogen-bond acceptors (Lipinski definition) is 6. The van der Waals surface area contributed by atoms with Crippen LogP contribution in [0.4, 0.5) is 5.00 Å². The maximum Gasteiger partial charge on any atom is 0.341 e. The van der Waals surface area contributed by atoms with Crippen molar-refractivity contribution in [2.24, 2.45) is 0 Å². The van der Waals surface area contributed by atoms with Gasteiger partial charge in [0.2, 0.25) is 5.91 Å². The maximum atomic E-state index is 12.1. The van der Waals surface area contributed by atoms with Crippen LogP contribution in [0.5, 0.6) is 0 Å². The van der Waals surface area contributed by atoms with E-state index in [1.165, 1.54) is 28.4 Å². The lowest BCUT2D eigenvalue weighted by Crippen LogP contribution is -2.20. The van der Waals surface area contributed by atoms with Gasteiger partial charge in [-0.1, -0.05) is 0 Å². The zero-order valence-electron chi connectivity index (χ0n) is 13.5. The van der Waals surface area contributed by atoms with E-state index < -0.39 is 17.8 Å². The highest BCUT2D eigenvalue weighted by atomic mass is 32.1. The number of amides is 1. The fourth-order valence-electron chi connectivity index (χ4n) is 2.04. The van der Waals surface area contributed by atoms with Gasteiger partial charge in [0, 0.05) is 11.1 Å². The first-order valence-corrected chi connectivity index (χ1v) is 7.97. The monoisotopic (exact) mass is 351 g/mol. The Balaban J connectivity index is 2.15. The molecule has 2 heterocycles. The summed E-state index contributed by atoms with van der Waals surface area (Å²) < 4.78 is 6.24. The predicted molar refractivity (Wildman–Crippen MR) is 87.6 cm³/mol. The predicted octanol–water partition coefficient (Wildman–Crippen LogP) is 2.08. The fraction of sp³-hybridized carbons (Fsp3) is 0.333. The molecule has 2 N–H and O–H groups in total. The van der Waals surface area contributed by atoms with Crippen LogP contribution in [-0.4, -0.2) is 39.3 Å². The van der Waals surface area contributed by atoms with Crippen molar-refractivity contribution in [1.29, 1.82) is 0 Å². The van der Waals surface area contributed by atoms with Gasteiger partial charge in [0.25, 0.3) is 0 Å². The molecule has 2 aromatic heterocycles. The fourth-order valence-corrected chi connectivity index (χ4v) is 3.10. The standard InChI is InChI=1S/C15H17N3O5S/c1-4-23-15(22)12-8(2)9(3)24-13(12)17-11(19)7-18-6-10(5-16-18)14(20)21/h5-6H,4,7H2,1-3H3,(H,17,19)(H,20,21). The molecule has 128 valence electrons. The molecule has 2 aromatic rings. The summed E-state index contributed by atoms with van der Waals surface area (Å²) in [5.41, 5.74) is 1.11. The van der Waals surface area contributed by atoms with Crippen molar-refractivity contribution in [2.75, 3.05) is 11.9 Å². The molecule has 0 aliphatic heterocycles. The van der Waals surface area contributed by atoms with E-state index in [-0.39, 0.29) is 18.7 Å². The highest BCUT2D eigenvalue weighted by Crippen LogP contribution is 2.33. The van der Waals surface area contributed by atoms with E-state index in [9.17, 15) is 14.4 Å². The van der Waals surface area contributed by atoms with E-state index in [1.807, 2.05) is 6.92 Å². The molecule has 0 saturated carbocycles. The molecule has 2 rings (SSSR count). The molecule has 0 aliphatic carbocycles. The third-order valence-corrected chi connectivity index (χ3v) is 4.43. The quantitative estimate of drug-likeness (QED) is 0.771. The summed E-state index contributed by atoms with van der Waals surface area (Å²) >= 11 is 1.29. The Hall–Kier alpha value is -2.68. The van der Waals surface area contributed by atoms with Crippen molar-refractivity contribution in [3.63, 3.8) is 0 Å². The summed E-state index contributed by atoms with van der Waals surface area (Å²) in [6.45, 7) is 5.44. The molecular formula is C15H17N3O5S. The van der Waals surface area contributed by atoms with E-state index in [0.717, 1.165) is 10.4 Å². The Morgan fingerprint density at radius 2 is 2.08 bits per heavy atom. The smallest absolute Gasteiger partial charge is 0.341 e. The van der Waals surface area contributed by atoms with Crippen LogP contribution >= 0.6 is 11.3 Å². The number of ether oxygens (including phenoxy) is 1. The van der Waals surface area contributed by atoms with Crippen LogP contribution in [0.3, 0.4) is 0 Å². The van der Waals surface area contributed by atoms with E-state index in [4.69, 9.17) is 9.84 Å². The number of nitrogens with zero attached hydrogens (tertiary/aromatic N) is 2. The van der Waals surface area contributed by atoms with Gasteiger partial charge in [-0.15, -0.1) is 11.3 Å². The molecule has 0 aliphatic rings. The number of carboxylic acid groups (broad SMARTS) is 1. The molecule has 24 heavy (non-hydrogen) atoms. The zero-order valence-corrected chi connectivity index (χ0v) is 14.3. The number of aromatic carboxylic acids is 1. The third kappa shape index (κ3) is 3.80. The number of hydrogen-bond donors (Lipinski definition) is 2. The number of nitrogens with one attached hydrogen (secondary N) is 1. The van der Waals surface area contributed by atoms with Crippen LogP contribution in [0.1, 0.15) is 38.1 Å². The first-order chi connectivity index (χ1) is 11.3. The number of carbonyl (C=O) groups excluding carboxylic acids is 2. The van der Waals surface area contributed by atoms with Gasteiger partial charge in [-0.3, -0.25) is 9.48 Å². The SMILES string of the molecule is CCOC(=O)c1c(NC(=O)Cn2cc(C(=O)O)cn2)sc(C)c1C. The van der Waals surface area contributed by atoms with Crippen molar-refractivity contribution in [1.82, 2.24) is 9.78 Å². The van der Waals surface area contributed by atoms with E-state index >= 15 is 0 Å². The average Bonchev–Trinajstić information content (AvgIpc) is 3.05. The maximum absolute atomic E-state index is 12.1. The van der Waals surface area contributed by atoms with Crippen molar-refractivity contribution in [3.8, 4) is 0 Å². The first kappa shape index (κ1) is 17.7. The van der Waals surface area contributed by atoms with Crippen LogP contribution in [-0.2, 0) is 16.1 Å². The molecule has 0 atom stereocenters. The molecule has 9 heteroatoms. The molecule has 0 radical (unpaired) electrons. The number of carbonyl (C=O) groups is 3. The Kier molecular flexibility index (Phi) is 5.35. The second-order valence-electron chi connectivity index (χ2n) is 4.99. The lowest BCUT2D eigenvalue weighted by atomic mass is 10.1. The number of aromatic nitrogens is 2. The van der Waals surface area contributed by atoms with Gasteiger partial charge in [-0.05, 0) is 26.3 Å². The summed E-state index contributed by atoms with van der Waals surface area (Å²) in [6.07, 6.45) is 2.43. The number of anilines is 1. The highest BCUT2D eigenvalue weighted by molar-refractivity contribution is 7.16. The van der Waals surface area contributed by atoms with Gasteiger partial charge < -0.3 is 15.2 Å². The third-order valence-electron chi connectivity index (χ3n) is 3.30. The van der Waals surface area contributed by atoms with Gasteiger partial charge in [0.05, 0.1) is 23.9 Å². The zero-order chi connectivity index (χ0) is 17.9. The molecular weight excluding hydrogens is 334 g/mol. The molecule has 0 fully saturated rings. The van der Waals surface area contributed by atoms with Crippen molar-refractivity contribution in [2.45, 2.75) is 27.3 Å². The van der Waals surface area contributed by atoms with Gasteiger partial charge in [0.1, 0.15) is 11.5 Å². The molecule has 1 amide bonds. The minimum absolute atomic E-state index is 0.00201. The minimum Gasteiger partial charge on any atom is -0.478 e. The van der Waals surface area contributed by atoms with Crippen LogP contribution in [0.2, 0.25) is 0 Å².